The fraction of sp³-hybridized carbons (Fsp3) is 0.125. The summed E-state index contributed by atoms with van der Waals surface area (Å²) in [6, 6.07) is 18.6. The Hall–Kier alpha value is -3.07. The summed E-state index contributed by atoms with van der Waals surface area (Å²) in [5, 5.41) is 15.3. The summed E-state index contributed by atoms with van der Waals surface area (Å²) in [6.45, 7) is 2.07. The number of carbonyl (C=O) groups excluding carboxylic acids is 1. The van der Waals surface area contributed by atoms with Crippen molar-refractivity contribution in [3.05, 3.63) is 99.5 Å². The van der Waals surface area contributed by atoms with Gasteiger partial charge in [0.05, 0.1) is 22.9 Å². The van der Waals surface area contributed by atoms with Gasteiger partial charge in [0, 0.05) is 10.8 Å². The van der Waals surface area contributed by atoms with Gasteiger partial charge >= 0.3 is 6.03 Å². The van der Waals surface area contributed by atoms with E-state index in [9.17, 15) is 9.18 Å². The van der Waals surface area contributed by atoms with Gasteiger partial charge in [-0.1, -0.05) is 76.9 Å². The maximum Gasteiger partial charge on any atom is 0.319 e. The Kier molecular flexibility index (Phi) is 7.72. The van der Waals surface area contributed by atoms with Gasteiger partial charge in [0.15, 0.2) is 11.0 Å². The molecule has 2 N–H and O–H groups in total. The molecular weight excluding hydrogens is 496 g/mol. The first-order chi connectivity index (χ1) is 16.4. The minimum atomic E-state index is -0.578. The van der Waals surface area contributed by atoms with Crippen LogP contribution >= 0.6 is 35.0 Å². The lowest BCUT2D eigenvalue weighted by atomic mass is 10.2. The number of para-hydroxylation sites is 1. The molecule has 3 aromatic carbocycles. The third-order valence-corrected chi connectivity index (χ3v) is 6.38. The topological polar surface area (TPSA) is 71.8 Å². The van der Waals surface area contributed by atoms with Crippen LogP contribution in [0.5, 0.6) is 0 Å². The number of rotatable bonds is 7. The Morgan fingerprint density at radius 3 is 2.68 bits per heavy atom. The summed E-state index contributed by atoms with van der Waals surface area (Å²) in [5.74, 6) is 0.583. The summed E-state index contributed by atoms with van der Waals surface area (Å²) < 4.78 is 15.6. The number of hydrogen-bond acceptors (Lipinski definition) is 4. The lowest BCUT2D eigenvalue weighted by Gasteiger charge is -2.13. The molecular formula is C24H20Cl2FN5OS. The molecule has 4 rings (SSSR count). The van der Waals surface area contributed by atoms with Crippen LogP contribution in [0.3, 0.4) is 0 Å². The monoisotopic (exact) mass is 515 g/mol. The third-order valence-electron chi connectivity index (χ3n) is 4.83. The fourth-order valence-corrected chi connectivity index (χ4v) is 4.52. The van der Waals surface area contributed by atoms with Crippen molar-refractivity contribution in [2.24, 2.45) is 0 Å². The molecule has 2 amide bonds. The molecule has 1 aromatic heterocycles. The zero-order chi connectivity index (χ0) is 24.1. The number of benzene rings is 3. The van der Waals surface area contributed by atoms with Crippen molar-refractivity contribution in [2.75, 3.05) is 5.32 Å². The van der Waals surface area contributed by atoms with Crippen LogP contribution < -0.4 is 10.6 Å². The maximum atomic E-state index is 13.8. The van der Waals surface area contributed by atoms with Crippen molar-refractivity contribution >= 4 is 46.7 Å². The van der Waals surface area contributed by atoms with Crippen LogP contribution in [0.1, 0.15) is 17.0 Å². The summed E-state index contributed by atoms with van der Waals surface area (Å²) >= 11 is 14.2. The van der Waals surface area contributed by atoms with E-state index in [0.29, 0.717) is 32.5 Å². The molecule has 0 fully saturated rings. The second-order valence-electron chi connectivity index (χ2n) is 7.40. The number of aromatic nitrogens is 3. The zero-order valence-corrected chi connectivity index (χ0v) is 20.4. The number of aryl methyl sites for hydroxylation is 1. The van der Waals surface area contributed by atoms with Crippen molar-refractivity contribution in [1.82, 2.24) is 20.1 Å². The number of amides is 2. The van der Waals surface area contributed by atoms with Crippen molar-refractivity contribution in [2.45, 2.75) is 24.4 Å². The quantitative estimate of drug-likeness (QED) is 0.270. The summed E-state index contributed by atoms with van der Waals surface area (Å²) in [4.78, 5) is 12.4. The standard InChI is InChI=1S/C24H20Cl2FN5OS/c1-15-5-4-6-16(11-15)14-34-24-31-30-22(32(24)21-12-17(25)9-10-18(21)26)13-28-23(33)29-20-8-3-2-7-19(20)27/h2-12H,13-14H2,1H3,(H2,28,29,33). The Morgan fingerprint density at radius 1 is 1.06 bits per heavy atom. The molecule has 1 heterocycles. The zero-order valence-electron chi connectivity index (χ0n) is 18.1. The highest BCUT2D eigenvalue weighted by Gasteiger charge is 2.18. The first-order valence-corrected chi connectivity index (χ1v) is 12.0. The second-order valence-corrected chi connectivity index (χ2v) is 9.18. The molecule has 0 aliphatic heterocycles. The van der Waals surface area contributed by atoms with Crippen molar-refractivity contribution in [3.63, 3.8) is 0 Å². The predicted molar refractivity (Wildman–Crippen MR) is 134 cm³/mol. The molecule has 34 heavy (non-hydrogen) atoms. The number of anilines is 1. The van der Waals surface area contributed by atoms with Crippen molar-refractivity contribution < 1.29 is 9.18 Å². The van der Waals surface area contributed by atoms with Gasteiger partial charge in [0.2, 0.25) is 0 Å². The molecule has 0 unspecified atom stereocenters. The molecule has 0 atom stereocenters. The Balaban J connectivity index is 1.57. The molecule has 6 nitrogen and oxygen atoms in total. The Morgan fingerprint density at radius 2 is 1.88 bits per heavy atom. The van der Waals surface area contributed by atoms with Crippen LogP contribution in [-0.4, -0.2) is 20.8 Å². The average molecular weight is 516 g/mol. The summed E-state index contributed by atoms with van der Waals surface area (Å²) in [5.41, 5.74) is 2.98. The summed E-state index contributed by atoms with van der Waals surface area (Å²) in [6.07, 6.45) is 0. The van der Waals surface area contributed by atoms with Crippen molar-refractivity contribution in [3.8, 4) is 5.69 Å². The lowest BCUT2D eigenvalue weighted by Crippen LogP contribution is -2.29. The molecule has 0 aliphatic carbocycles. The predicted octanol–water partition coefficient (Wildman–Crippen LogP) is 6.64. The maximum absolute atomic E-state index is 13.8. The largest absolute Gasteiger partial charge is 0.331 e. The summed E-state index contributed by atoms with van der Waals surface area (Å²) in [7, 11) is 0. The van der Waals surface area contributed by atoms with Gasteiger partial charge in [-0.25, -0.2) is 9.18 Å². The van der Waals surface area contributed by atoms with E-state index in [1.165, 1.54) is 29.5 Å². The smallest absolute Gasteiger partial charge is 0.319 e. The molecule has 4 aromatic rings. The van der Waals surface area contributed by atoms with Crippen LogP contribution in [0.2, 0.25) is 10.0 Å². The average Bonchev–Trinajstić information content (AvgIpc) is 3.22. The first-order valence-electron chi connectivity index (χ1n) is 10.3. The van der Waals surface area contributed by atoms with Crippen LogP contribution in [0.4, 0.5) is 14.9 Å². The lowest BCUT2D eigenvalue weighted by molar-refractivity contribution is 0.251. The molecule has 0 spiro atoms. The van der Waals surface area contributed by atoms with E-state index in [2.05, 4.69) is 26.9 Å². The van der Waals surface area contributed by atoms with Gasteiger partial charge in [-0.05, 0) is 42.8 Å². The molecule has 0 saturated carbocycles. The van der Waals surface area contributed by atoms with E-state index in [0.717, 1.165) is 5.56 Å². The van der Waals surface area contributed by atoms with E-state index in [1.807, 2.05) is 25.1 Å². The molecule has 0 radical (unpaired) electrons. The molecule has 0 bridgehead atoms. The van der Waals surface area contributed by atoms with Gasteiger partial charge in [0.1, 0.15) is 5.82 Å². The minimum absolute atomic E-state index is 0.0289. The van der Waals surface area contributed by atoms with Crippen LogP contribution in [0.25, 0.3) is 5.69 Å². The van der Waals surface area contributed by atoms with Gasteiger partial charge in [-0.3, -0.25) is 4.57 Å². The van der Waals surface area contributed by atoms with Crippen LogP contribution in [0, 0.1) is 12.7 Å². The molecule has 10 heteroatoms. The number of nitrogens with zero attached hydrogens (tertiary/aromatic N) is 3. The van der Waals surface area contributed by atoms with E-state index < -0.39 is 11.8 Å². The minimum Gasteiger partial charge on any atom is -0.331 e. The third kappa shape index (κ3) is 5.88. The van der Waals surface area contributed by atoms with Gasteiger partial charge < -0.3 is 10.6 Å². The number of carbonyl (C=O) groups is 1. The second kappa shape index (κ2) is 10.9. The number of halogens is 3. The SMILES string of the molecule is Cc1cccc(CSc2nnc(CNC(=O)Nc3ccccc3F)n2-c2cc(Cl)ccc2Cl)c1. The Bertz CT molecular complexity index is 1330. The van der Waals surface area contributed by atoms with E-state index in [4.69, 9.17) is 23.2 Å². The van der Waals surface area contributed by atoms with E-state index >= 15 is 0 Å². The van der Waals surface area contributed by atoms with Gasteiger partial charge in [-0.15, -0.1) is 10.2 Å². The molecule has 0 aliphatic rings. The highest BCUT2D eigenvalue weighted by atomic mass is 35.5. The number of urea groups is 1. The molecule has 0 saturated heterocycles. The number of thioether (sulfide) groups is 1. The van der Waals surface area contributed by atoms with Crippen molar-refractivity contribution in [1.29, 1.82) is 0 Å². The van der Waals surface area contributed by atoms with E-state index in [1.54, 1.807) is 34.9 Å². The normalized spacial score (nSPS) is 10.8. The number of nitrogens with one attached hydrogen (secondary N) is 2. The van der Waals surface area contributed by atoms with Gasteiger partial charge in [0.25, 0.3) is 0 Å². The first kappa shape index (κ1) is 24.1. The van der Waals surface area contributed by atoms with Crippen LogP contribution in [-0.2, 0) is 12.3 Å². The van der Waals surface area contributed by atoms with Crippen LogP contribution in [0.15, 0.2) is 71.9 Å². The fourth-order valence-electron chi connectivity index (χ4n) is 3.25. The highest BCUT2D eigenvalue weighted by Crippen LogP contribution is 2.31. The van der Waals surface area contributed by atoms with Gasteiger partial charge in [-0.2, -0.15) is 0 Å². The number of hydrogen-bond donors (Lipinski definition) is 2. The van der Waals surface area contributed by atoms with E-state index in [-0.39, 0.29) is 12.2 Å². The highest BCUT2D eigenvalue weighted by molar-refractivity contribution is 7.98. The molecule has 174 valence electrons. The Labute approximate surface area is 210 Å².